The second-order valence-electron chi connectivity index (χ2n) is 5.16. The first-order chi connectivity index (χ1) is 10.3. The van der Waals surface area contributed by atoms with Crippen molar-refractivity contribution in [3.05, 3.63) is 60.2 Å². The van der Waals surface area contributed by atoms with Gasteiger partial charge in [-0.15, -0.1) is 0 Å². The lowest BCUT2D eigenvalue weighted by atomic mass is 10.2. The van der Waals surface area contributed by atoms with Crippen LogP contribution in [0.4, 0.5) is 4.79 Å². The number of urea groups is 1. The highest BCUT2D eigenvalue weighted by Gasteiger charge is 2.22. The first kappa shape index (κ1) is 13.5. The summed E-state index contributed by atoms with van der Waals surface area (Å²) in [5, 5.41) is 5.75. The van der Waals surface area contributed by atoms with Crippen LogP contribution >= 0.6 is 0 Å². The Hall–Kier alpha value is -2.49. The Morgan fingerprint density at radius 3 is 2.57 bits per heavy atom. The second kappa shape index (κ2) is 6.31. The Balaban J connectivity index is 1.56. The van der Waals surface area contributed by atoms with E-state index in [9.17, 15) is 4.79 Å². The van der Waals surface area contributed by atoms with E-state index in [0.717, 1.165) is 29.9 Å². The normalized spacial score (nSPS) is 13.5. The van der Waals surface area contributed by atoms with Gasteiger partial charge in [0.1, 0.15) is 11.5 Å². The number of ether oxygens (including phenoxy) is 1. The molecule has 0 radical (unpaired) electrons. The van der Waals surface area contributed by atoms with Crippen LogP contribution in [0.5, 0.6) is 11.5 Å². The molecular formula is C17H18N2O2. The molecule has 0 saturated heterocycles. The Kier molecular flexibility index (Phi) is 4.05. The molecule has 2 amide bonds. The minimum Gasteiger partial charge on any atom is -0.457 e. The number of carbonyl (C=O) groups excluding carboxylic acids is 1. The van der Waals surface area contributed by atoms with E-state index in [1.807, 2.05) is 54.6 Å². The number of benzene rings is 2. The van der Waals surface area contributed by atoms with Gasteiger partial charge in [-0.3, -0.25) is 0 Å². The van der Waals surface area contributed by atoms with Gasteiger partial charge in [-0.05, 0) is 42.7 Å². The molecule has 2 aromatic carbocycles. The van der Waals surface area contributed by atoms with E-state index in [2.05, 4.69) is 10.6 Å². The Morgan fingerprint density at radius 2 is 1.81 bits per heavy atom. The van der Waals surface area contributed by atoms with E-state index in [-0.39, 0.29) is 6.03 Å². The topological polar surface area (TPSA) is 50.4 Å². The average Bonchev–Trinajstić information content (AvgIpc) is 3.31. The van der Waals surface area contributed by atoms with Gasteiger partial charge in [-0.25, -0.2) is 4.79 Å². The van der Waals surface area contributed by atoms with Crippen LogP contribution in [0.25, 0.3) is 0 Å². The van der Waals surface area contributed by atoms with Crippen LogP contribution in [-0.2, 0) is 6.54 Å². The zero-order valence-corrected chi connectivity index (χ0v) is 11.7. The summed E-state index contributed by atoms with van der Waals surface area (Å²) in [6.45, 7) is 0.491. The highest BCUT2D eigenvalue weighted by molar-refractivity contribution is 5.74. The lowest BCUT2D eigenvalue weighted by Gasteiger charge is -2.09. The lowest BCUT2D eigenvalue weighted by Crippen LogP contribution is -2.36. The maximum absolute atomic E-state index is 11.6. The van der Waals surface area contributed by atoms with Crippen LogP contribution in [0.3, 0.4) is 0 Å². The molecule has 0 aliphatic heterocycles. The van der Waals surface area contributed by atoms with Crippen molar-refractivity contribution in [3.63, 3.8) is 0 Å². The number of amides is 2. The van der Waals surface area contributed by atoms with Crippen LogP contribution in [0, 0.1) is 0 Å². The van der Waals surface area contributed by atoms with Crippen molar-refractivity contribution < 1.29 is 9.53 Å². The zero-order chi connectivity index (χ0) is 14.5. The van der Waals surface area contributed by atoms with Crippen LogP contribution in [0.2, 0.25) is 0 Å². The van der Waals surface area contributed by atoms with E-state index >= 15 is 0 Å². The molecule has 0 atom stereocenters. The summed E-state index contributed by atoms with van der Waals surface area (Å²) in [4.78, 5) is 11.6. The first-order valence-corrected chi connectivity index (χ1v) is 7.16. The SMILES string of the molecule is O=C(NCc1cccc(Oc2ccccc2)c1)NC1CC1. The highest BCUT2D eigenvalue weighted by atomic mass is 16.5. The summed E-state index contributed by atoms with van der Waals surface area (Å²) < 4.78 is 5.77. The van der Waals surface area contributed by atoms with Crippen LogP contribution < -0.4 is 15.4 Å². The van der Waals surface area contributed by atoms with Crippen LogP contribution in [0.1, 0.15) is 18.4 Å². The maximum Gasteiger partial charge on any atom is 0.315 e. The lowest BCUT2D eigenvalue weighted by molar-refractivity contribution is 0.240. The number of para-hydroxylation sites is 1. The fourth-order valence-electron chi connectivity index (χ4n) is 1.99. The zero-order valence-electron chi connectivity index (χ0n) is 11.7. The van der Waals surface area contributed by atoms with Gasteiger partial charge in [0.25, 0.3) is 0 Å². The molecule has 0 spiro atoms. The van der Waals surface area contributed by atoms with Gasteiger partial charge < -0.3 is 15.4 Å². The van der Waals surface area contributed by atoms with Crippen LogP contribution in [-0.4, -0.2) is 12.1 Å². The van der Waals surface area contributed by atoms with Crippen molar-refractivity contribution in [1.82, 2.24) is 10.6 Å². The molecular weight excluding hydrogens is 264 g/mol. The molecule has 1 saturated carbocycles. The molecule has 0 aromatic heterocycles. The Labute approximate surface area is 124 Å². The van der Waals surface area contributed by atoms with E-state index < -0.39 is 0 Å². The Bertz CT molecular complexity index is 609. The largest absolute Gasteiger partial charge is 0.457 e. The summed E-state index contributed by atoms with van der Waals surface area (Å²) in [5.41, 5.74) is 1.01. The molecule has 2 aromatic rings. The molecule has 1 aliphatic carbocycles. The van der Waals surface area contributed by atoms with Gasteiger partial charge in [0.2, 0.25) is 0 Å². The van der Waals surface area contributed by atoms with Gasteiger partial charge in [-0.2, -0.15) is 0 Å². The third-order valence-corrected chi connectivity index (χ3v) is 3.24. The number of rotatable bonds is 5. The Morgan fingerprint density at radius 1 is 1.05 bits per heavy atom. The molecule has 0 bridgehead atoms. The van der Waals surface area contributed by atoms with Crippen molar-refractivity contribution in [2.24, 2.45) is 0 Å². The van der Waals surface area contributed by atoms with Gasteiger partial charge in [-0.1, -0.05) is 30.3 Å². The monoisotopic (exact) mass is 282 g/mol. The van der Waals surface area contributed by atoms with Crippen molar-refractivity contribution in [2.45, 2.75) is 25.4 Å². The molecule has 4 nitrogen and oxygen atoms in total. The van der Waals surface area contributed by atoms with Gasteiger partial charge >= 0.3 is 6.03 Å². The standard InChI is InChI=1S/C17H18N2O2/c20-17(19-14-9-10-14)18-12-13-5-4-8-16(11-13)21-15-6-2-1-3-7-15/h1-8,11,14H,9-10,12H2,(H2,18,19,20). The number of carbonyl (C=O) groups is 1. The van der Waals surface area contributed by atoms with Crippen LogP contribution in [0.15, 0.2) is 54.6 Å². The molecule has 21 heavy (non-hydrogen) atoms. The summed E-state index contributed by atoms with van der Waals surface area (Å²) >= 11 is 0. The average molecular weight is 282 g/mol. The van der Waals surface area contributed by atoms with E-state index in [1.165, 1.54) is 0 Å². The third-order valence-electron chi connectivity index (χ3n) is 3.24. The predicted octanol–water partition coefficient (Wildman–Crippen LogP) is 3.44. The summed E-state index contributed by atoms with van der Waals surface area (Å²) in [5.74, 6) is 1.57. The fraction of sp³-hybridized carbons (Fsp3) is 0.235. The summed E-state index contributed by atoms with van der Waals surface area (Å²) in [6, 6.07) is 17.6. The van der Waals surface area contributed by atoms with E-state index in [0.29, 0.717) is 12.6 Å². The van der Waals surface area contributed by atoms with Crippen molar-refractivity contribution in [1.29, 1.82) is 0 Å². The molecule has 3 rings (SSSR count). The molecule has 108 valence electrons. The molecule has 2 N–H and O–H groups in total. The number of hydrogen-bond donors (Lipinski definition) is 2. The quantitative estimate of drug-likeness (QED) is 0.882. The molecule has 0 heterocycles. The van der Waals surface area contributed by atoms with Gasteiger partial charge in [0, 0.05) is 12.6 Å². The minimum atomic E-state index is -0.105. The van der Waals surface area contributed by atoms with Crippen molar-refractivity contribution in [3.8, 4) is 11.5 Å². The molecule has 0 unspecified atom stereocenters. The number of nitrogens with one attached hydrogen (secondary N) is 2. The number of hydrogen-bond acceptors (Lipinski definition) is 2. The molecule has 4 heteroatoms. The minimum absolute atomic E-state index is 0.105. The van der Waals surface area contributed by atoms with Crippen molar-refractivity contribution in [2.75, 3.05) is 0 Å². The maximum atomic E-state index is 11.6. The van der Waals surface area contributed by atoms with E-state index in [4.69, 9.17) is 4.74 Å². The van der Waals surface area contributed by atoms with Gasteiger partial charge in [0.15, 0.2) is 0 Å². The second-order valence-corrected chi connectivity index (χ2v) is 5.16. The van der Waals surface area contributed by atoms with Gasteiger partial charge in [0.05, 0.1) is 0 Å². The fourth-order valence-corrected chi connectivity index (χ4v) is 1.99. The first-order valence-electron chi connectivity index (χ1n) is 7.16. The molecule has 1 aliphatic rings. The predicted molar refractivity (Wildman–Crippen MR) is 81.4 cm³/mol. The highest BCUT2D eigenvalue weighted by Crippen LogP contribution is 2.22. The van der Waals surface area contributed by atoms with E-state index in [1.54, 1.807) is 0 Å². The summed E-state index contributed by atoms with van der Waals surface area (Å²) in [6.07, 6.45) is 2.18. The third kappa shape index (κ3) is 4.24. The smallest absolute Gasteiger partial charge is 0.315 e. The molecule has 1 fully saturated rings. The van der Waals surface area contributed by atoms with Crippen molar-refractivity contribution >= 4 is 6.03 Å². The summed E-state index contributed by atoms with van der Waals surface area (Å²) in [7, 11) is 0.